The smallest absolute Gasteiger partial charge is 0.358 e. The van der Waals surface area contributed by atoms with E-state index in [2.05, 4.69) is 5.16 Å². The van der Waals surface area contributed by atoms with Gasteiger partial charge in [-0.3, -0.25) is 0 Å². The number of hydrogen-bond acceptors (Lipinski definition) is 4. The Labute approximate surface area is 122 Å². The molecule has 8 heteroatoms. The van der Waals surface area contributed by atoms with Gasteiger partial charge in [0.2, 0.25) is 0 Å². The largest absolute Gasteiger partial charge is 0.482 e. The normalized spacial score (nSPS) is 10.5. The molecule has 1 heterocycles. The fourth-order valence-corrected chi connectivity index (χ4v) is 2.22. The van der Waals surface area contributed by atoms with E-state index in [0.29, 0.717) is 5.02 Å². The molecular weight excluding hydrogens is 316 g/mol. The summed E-state index contributed by atoms with van der Waals surface area (Å²) in [5, 5.41) is 12.9. The predicted molar refractivity (Wildman–Crippen MR) is 69.3 cm³/mol. The number of aromatic carboxylic acids is 1. The van der Waals surface area contributed by atoms with E-state index in [-0.39, 0.29) is 33.9 Å². The molecule has 0 saturated heterocycles. The number of benzene rings is 1. The minimum absolute atomic E-state index is 0.0542. The number of carboxylic acids is 1. The van der Waals surface area contributed by atoms with Crippen LogP contribution in [-0.4, -0.2) is 16.2 Å². The number of hydrogen-bond donors (Lipinski definition) is 1. The molecule has 0 spiro atoms. The highest BCUT2D eigenvalue weighted by atomic mass is 35.5. The molecule has 100 valence electrons. The molecule has 2 aromatic rings. The molecule has 0 aliphatic carbocycles. The molecule has 5 nitrogen and oxygen atoms in total. The molecule has 0 fully saturated rings. The van der Waals surface area contributed by atoms with E-state index in [1.807, 2.05) is 0 Å². The van der Waals surface area contributed by atoms with E-state index in [0.717, 1.165) is 0 Å². The van der Waals surface area contributed by atoms with Crippen molar-refractivity contribution < 1.29 is 19.2 Å². The average molecular weight is 323 g/mol. The van der Waals surface area contributed by atoms with Crippen LogP contribution < -0.4 is 4.74 Å². The molecule has 0 bridgehead atoms. The van der Waals surface area contributed by atoms with Crippen molar-refractivity contribution in [3.63, 3.8) is 0 Å². The number of halogens is 3. The van der Waals surface area contributed by atoms with Crippen molar-refractivity contribution in [1.29, 1.82) is 0 Å². The summed E-state index contributed by atoms with van der Waals surface area (Å²) in [5.74, 6) is -0.710. The van der Waals surface area contributed by atoms with E-state index >= 15 is 0 Å². The number of ether oxygens (including phenoxy) is 1. The molecule has 2 rings (SSSR count). The van der Waals surface area contributed by atoms with Gasteiger partial charge in [-0.25, -0.2) is 4.79 Å². The maximum absolute atomic E-state index is 10.6. The van der Waals surface area contributed by atoms with Gasteiger partial charge in [0.25, 0.3) is 0 Å². The van der Waals surface area contributed by atoms with Gasteiger partial charge in [-0.1, -0.05) is 40.0 Å². The molecule has 0 saturated carbocycles. The third-order valence-corrected chi connectivity index (χ3v) is 2.88. The second-order valence-electron chi connectivity index (χ2n) is 3.47. The van der Waals surface area contributed by atoms with Crippen LogP contribution in [0.3, 0.4) is 0 Å². The Morgan fingerprint density at radius 1 is 1.26 bits per heavy atom. The Kier molecular flexibility index (Phi) is 4.19. The van der Waals surface area contributed by atoms with Crippen LogP contribution in [0.2, 0.25) is 15.1 Å². The monoisotopic (exact) mass is 321 g/mol. The van der Waals surface area contributed by atoms with Crippen LogP contribution in [0.25, 0.3) is 0 Å². The highest BCUT2D eigenvalue weighted by Crippen LogP contribution is 2.36. The Balaban J connectivity index is 2.12. The first-order chi connectivity index (χ1) is 8.97. The summed E-state index contributed by atoms with van der Waals surface area (Å²) >= 11 is 17.6. The van der Waals surface area contributed by atoms with Crippen molar-refractivity contribution in [2.45, 2.75) is 6.61 Å². The van der Waals surface area contributed by atoms with Crippen molar-refractivity contribution in [1.82, 2.24) is 5.16 Å². The zero-order valence-corrected chi connectivity index (χ0v) is 11.5. The third kappa shape index (κ3) is 3.32. The first-order valence-corrected chi connectivity index (χ1v) is 6.07. The summed E-state index contributed by atoms with van der Waals surface area (Å²) in [7, 11) is 0. The molecule has 0 aliphatic rings. The topological polar surface area (TPSA) is 72.6 Å². The maximum Gasteiger partial charge on any atom is 0.358 e. The van der Waals surface area contributed by atoms with Gasteiger partial charge in [0, 0.05) is 11.1 Å². The van der Waals surface area contributed by atoms with Crippen LogP contribution in [-0.2, 0) is 6.61 Å². The first-order valence-electron chi connectivity index (χ1n) is 4.93. The van der Waals surface area contributed by atoms with Gasteiger partial charge < -0.3 is 14.4 Å². The molecule has 0 unspecified atom stereocenters. The van der Waals surface area contributed by atoms with Gasteiger partial charge >= 0.3 is 5.97 Å². The average Bonchev–Trinajstić information content (AvgIpc) is 2.76. The van der Waals surface area contributed by atoms with Crippen LogP contribution in [0.15, 0.2) is 22.7 Å². The zero-order chi connectivity index (χ0) is 14.0. The Bertz CT molecular complexity index is 603. The van der Waals surface area contributed by atoms with Gasteiger partial charge in [-0.05, 0) is 12.1 Å². The molecule has 1 aromatic carbocycles. The number of rotatable bonds is 4. The standard InChI is InChI=1S/C11H6Cl3NO4/c12-5-1-7(13)10(8(14)2-5)18-4-6-3-9(11(16)17)15-19-6/h1-3H,4H2,(H,16,17). The summed E-state index contributed by atoms with van der Waals surface area (Å²) in [6, 6.07) is 4.21. The van der Waals surface area contributed by atoms with Gasteiger partial charge in [-0.15, -0.1) is 0 Å². The lowest BCUT2D eigenvalue weighted by molar-refractivity contribution is 0.0685. The minimum atomic E-state index is -1.18. The fraction of sp³-hybridized carbons (Fsp3) is 0.0909. The van der Waals surface area contributed by atoms with E-state index in [1.165, 1.54) is 18.2 Å². The van der Waals surface area contributed by atoms with Crippen molar-refractivity contribution in [2.24, 2.45) is 0 Å². The molecule has 0 amide bonds. The van der Waals surface area contributed by atoms with Crippen molar-refractivity contribution in [3.8, 4) is 5.75 Å². The minimum Gasteiger partial charge on any atom is -0.482 e. The zero-order valence-electron chi connectivity index (χ0n) is 9.19. The summed E-state index contributed by atoms with van der Waals surface area (Å²) in [6.45, 7) is -0.0542. The van der Waals surface area contributed by atoms with E-state index in [4.69, 9.17) is 49.2 Å². The first kappa shape index (κ1) is 14.0. The Morgan fingerprint density at radius 3 is 2.42 bits per heavy atom. The molecule has 1 aromatic heterocycles. The maximum atomic E-state index is 10.6. The predicted octanol–water partition coefficient (Wildman–Crippen LogP) is 3.91. The molecule has 0 radical (unpaired) electrons. The van der Waals surface area contributed by atoms with Gasteiger partial charge in [-0.2, -0.15) is 0 Å². The van der Waals surface area contributed by atoms with Crippen molar-refractivity contribution >= 4 is 40.8 Å². The number of nitrogens with zero attached hydrogens (tertiary/aromatic N) is 1. The van der Waals surface area contributed by atoms with Gasteiger partial charge in [0.05, 0.1) is 10.0 Å². The summed E-state index contributed by atoms with van der Waals surface area (Å²) in [5.41, 5.74) is -0.202. The molecule has 0 atom stereocenters. The summed E-state index contributed by atoms with van der Waals surface area (Å²) < 4.78 is 10.1. The second-order valence-corrected chi connectivity index (χ2v) is 4.72. The van der Waals surface area contributed by atoms with Crippen molar-refractivity contribution in [2.75, 3.05) is 0 Å². The van der Waals surface area contributed by atoms with Crippen LogP contribution in [0, 0.1) is 0 Å². The molecule has 0 aliphatic heterocycles. The van der Waals surface area contributed by atoms with Gasteiger partial charge in [0.1, 0.15) is 6.61 Å². The summed E-state index contributed by atoms with van der Waals surface area (Å²) in [4.78, 5) is 10.6. The van der Waals surface area contributed by atoms with E-state index in [1.54, 1.807) is 0 Å². The SMILES string of the molecule is O=C(O)c1cc(COc2c(Cl)cc(Cl)cc2Cl)on1. The lowest BCUT2D eigenvalue weighted by Crippen LogP contribution is -1.96. The second kappa shape index (κ2) is 5.69. The van der Waals surface area contributed by atoms with Crippen LogP contribution in [0.5, 0.6) is 5.75 Å². The van der Waals surface area contributed by atoms with Gasteiger partial charge in [0.15, 0.2) is 17.2 Å². The van der Waals surface area contributed by atoms with Crippen LogP contribution >= 0.6 is 34.8 Å². The lowest BCUT2D eigenvalue weighted by Gasteiger charge is -2.08. The van der Waals surface area contributed by atoms with Crippen LogP contribution in [0.4, 0.5) is 0 Å². The fourth-order valence-electron chi connectivity index (χ4n) is 1.29. The lowest BCUT2D eigenvalue weighted by atomic mass is 10.3. The molecular formula is C11H6Cl3NO4. The quantitative estimate of drug-likeness (QED) is 0.924. The molecule has 19 heavy (non-hydrogen) atoms. The highest BCUT2D eigenvalue weighted by Gasteiger charge is 2.13. The third-order valence-electron chi connectivity index (χ3n) is 2.10. The number of carboxylic acid groups (broad SMARTS) is 1. The molecule has 1 N–H and O–H groups in total. The van der Waals surface area contributed by atoms with Crippen molar-refractivity contribution in [3.05, 3.63) is 44.7 Å². The number of aromatic nitrogens is 1. The Hall–Kier alpha value is -1.43. The highest BCUT2D eigenvalue weighted by molar-refractivity contribution is 6.40. The summed E-state index contributed by atoms with van der Waals surface area (Å²) in [6.07, 6.45) is 0. The van der Waals surface area contributed by atoms with Crippen LogP contribution in [0.1, 0.15) is 16.2 Å². The van der Waals surface area contributed by atoms with E-state index < -0.39 is 5.97 Å². The number of carbonyl (C=O) groups is 1. The van der Waals surface area contributed by atoms with E-state index in [9.17, 15) is 4.79 Å². The Morgan fingerprint density at radius 2 is 1.89 bits per heavy atom.